The zero-order chi connectivity index (χ0) is 7.07. The van der Waals surface area contributed by atoms with Crippen LogP contribution in [0.2, 0.25) is 0 Å². The Morgan fingerprint density at radius 2 is 2.11 bits per heavy atom. The highest BCUT2D eigenvalue weighted by Crippen LogP contribution is 2.42. The summed E-state index contributed by atoms with van der Waals surface area (Å²) in [7, 11) is 0. The van der Waals surface area contributed by atoms with E-state index in [-0.39, 0.29) is 5.60 Å². The van der Waals surface area contributed by atoms with Gasteiger partial charge in [0.15, 0.2) is 0 Å². The standard InChI is InChI=1S/C8H16O/c1-6(2)7-4-5-8(7,3)9/h6-7,9H,4-5H2,1-3H3. The van der Waals surface area contributed by atoms with Gasteiger partial charge in [0.2, 0.25) is 0 Å². The van der Waals surface area contributed by atoms with Gasteiger partial charge in [0, 0.05) is 0 Å². The Hall–Kier alpha value is -0.0400. The van der Waals surface area contributed by atoms with E-state index in [1.54, 1.807) is 0 Å². The zero-order valence-corrected chi connectivity index (χ0v) is 6.52. The predicted octanol–water partition coefficient (Wildman–Crippen LogP) is 1.80. The number of rotatable bonds is 1. The van der Waals surface area contributed by atoms with Gasteiger partial charge < -0.3 is 5.11 Å². The molecule has 1 fully saturated rings. The van der Waals surface area contributed by atoms with E-state index < -0.39 is 0 Å². The molecule has 0 aromatic rings. The van der Waals surface area contributed by atoms with Crippen molar-refractivity contribution < 1.29 is 5.11 Å². The molecule has 0 spiro atoms. The van der Waals surface area contributed by atoms with Crippen molar-refractivity contribution >= 4 is 0 Å². The maximum absolute atomic E-state index is 9.54. The molecular formula is C8H16O. The first-order valence-electron chi connectivity index (χ1n) is 3.76. The van der Waals surface area contributed by atoms with Gasteiger partial charge in [-0.05, 0) is 31.6 Å². The smallest absolute Gasteiger partial charge is 0.0650 e. The van der Waals surface area contributed by atoms with Crippen LogP contribution in [0.3, 0.4) is 0 Å². The van der Waals surface area contributed by atoms with Crippen LogP contribution < -0.4 is 0 Å². The van der Waals surface area contributed by atoms with E-state index in [1.165, 1.54) is 6.42 Å². The Kier molecular flexibility index (Phi) is 1.55. The molecule has 1 N–H and O–H groups in total. The summed E-state index contributed by atoms with van der Waals surface area (Å²) in [4.78, 5) is 0. The van der Waals surface area contributed by atoms with Crippen LogP contribution in [0.15, 0.2) is 0 Å². The minimum atomic E-state index is -0.339. The molecule has 54 valence electrons. The second kappa shape index (κ2) is 1.98. The van der Waals surface area contributed by atoms with E-state index in [2.05, 4.69) is 13.8 Å². The van der Waals surface area contributed by atoms with Gasteiger partial charge in [-0.2, -0.15) is 0 Å². The molecule has 1 nitrogen and oxygen atoms in total. The van der Waals surface area contributed by atoms with Crippen molar-refractivity contribution in [2.24, 2.45) is 11.8 Å². The average Bonchev–Trinajstić information content (AvgIpc) is 1.62. The van der Waals surface area contributed by atoms with Gasteiger partial charge in [-0.3, -0.25) is 0 Å². The molecule has 1 rings (SSSR count). The second-order valence-electron chi connectivity index (χ2n) is 3.75. The molecule has 1 aliphatic carbocycles. The summed E-state index contributed by atoms with van der Waals surface area (Å²) in [6, 6.07) is 0. The first-order chi connectivity index (χ1) is 4.04. The zero-order valence-electron chi connectivity index (χ0n) is 6.52. The highest BCUT2D eigenvalue weighted by molar-refractivity contribution is 4.93. The van der Waals surface area contributed by atoms with Crippen molar-refractivity contribution in [2.45, 2.75) is 39.2 Å². The fourth-order valence-corrected chi connectivity index (χ4v) is 1.78. The Bertz CT molecular complexity index is 105. The SMILES string of the molecule is CC(C)C1CCC1(C)O. The van der Waals surface area contributed by atoms with E-state index in [1.807, 2.05) is 6.92 Å². The van der Waals surface area contributed by atoms with Gasteiger partial charge >= 0.3 is 0 Å². The summed E-state index contributed by atoms with van der Waals surface area (Å²) in [6.07, 6.45) is 2.21. The molecule has 0 saturated heterocycles. The monoisotopic (exact) mass is 128 g/mol. The van der Waals surface area contributed by atoms with Crippen molar-refractivity contribution in [3.63, 3.8) is 0 Å². The van der Waals surface area contributed by atoms with Crippen LogP contribution in [0.5, 0.6) is 0 Å². The lowest BCUT2D eigenvalue weighted by atomic mass is 9.65. The topological polar surface area (TPSA) is 20.2 Å². The molecule has 1 aliphatic rings. The van der Waals surface area contributed by atoms with E-state index in [4.69, 9.17) is 0 Å². The van der Waals surface area contributed by atoms with Crippen molar-refractivity contribution in [1.29, 1.82) is 0 Å². The summed E-state index contributed by atoms with van der Waals surface area (Å²) in [6.45, 7) is 6.30. The third-order valence-electron chi connectivity index (χ3n) is 2.57. The quantitative estimate of drug-likeness (QED) is 0.571. The Morgan fingerprint density at radius 3 is 2.11 bits per heavy atom. The Morgan fingerprint density at radius 1 is 1.56 bits per heavy atom. The largest absolute Gasteiger partial charge is 0.390 e. The van der Waals surface area contributed by atoms with Gasteiger partial charge in [0.05, 0.1) is 5.60 Å². The van der Waals surface area contributed by atoms with E-state index in [0.29, 0.717) is 11.8 Å². The Labute approximate surface area is 57.1 Å². The molecule has 0 bridgehead atoms. The van der Waals surface area contributed by atoms with Crippen molar-refractivity contribution in [2.75, 3.05) is 0 Å². The van der Waals surface area contributed by atoms with E-state index in [0.717, 1.165) is 6.42 Å². The lowest BCUT2D eigenvalue weighted by Crippen LogP contribution is -2.46. The average molecular weight is 128 g/mol. The lowest BCUT2D eigenvalue weighted by molar-refractivity contribution is -0.0970. The van der Waals surface area contributed by atoms with Crippen LogP contribution in [0.25, 0.3) is 0 Å². The normalized spacial score (nSPS) is 43.0. The van der Waals surface area contributed by atoms with Crippen LogP contribution in [0, 0.1) is 11.8 Å². The highest BCUT2D eigenvalue weighted by atomic mass is 16.3. The third kappa shape index (κ3) is 1.11. The molecule has 0 heterocycles. The van der Waals surface area contributed by atoms with Crippen molar-refractivity contribution in [3.8, 4) is 0 Å². The van der Waals surface area contributed by atoms with Crippen molar-refractivity contribution in [1.82, 2.24) is 0 Å². The van der Waals surface area contributed by atoms with E-state index >= 15 is 0 Å². The Balaban J connectivity index is 2.45. The molecule has 0 aliphatic heterocycles. The summed E-state index contributed by atoms with van der Waals surface area (Å²) in [5, 5.41) is 9.54. The summed E-state index contributed by atoms with van der Waals surface area (Å²) in [5.41, 5.74) is -0.339. The van der Waals surface area contributed by atoms with Gasteiger partial charge in [-0.1, -0.05) is 13.8 Å². The molecule has 0 aromatic carbocycles. The molecular weight excluding hydrogens is 112 g/mol. The molecule has 1 saturated carbocycles. The number of aliphatic hydroxyl groups is 1. The van der Waals surface area contributed by atoms with Gasteiger partial charge in [-0.25, -0.2) is 0 Å². The molecule has 1 heteroatoms. The van der Waals surface area contributed by atoms with Crippen LogP contribution in [0.1, 0.15) is 33.6 Å². The van der Waals surface area contributed by atoms with Gasteiger partial charge in [-0.15, -0.1) is 0 Å². The molecule has 0 amide bonds. The summed E-state index contributed by atoms with van der Waals surface area (Å²) in [5.74, 6) is 1.20. The lowest BCUT2D eigenvalue weighted by Gasteiger charge is -2.45. The van der Waals surface area contributed by atoms with Gasteiger partial charge in [0.25, 0.3) is 0 Å². The molecule has 9 heavy (non-hydrogen) atoms. The second-order valence-corrected chi connectivity index (χ2v) is 3.75. The van der Waals surface area contributed by atoms with Crippen LogP contribution in [-0.2, 0) is 0 Å². The van der Waals surface area contributed by atoms with Gasteiger partial charge in [0.1, 0.15) is 0 Å². The fraction of sp³-hybridized carbons (Fsp3) is 1.00. The third-order valence-corrected chi connectivity index (χ3v) is 2.57. The molecule has 2 atom stereocenters. The minimum Gasteiger partial charge on any atom is -0.390 e. The number of hydrogen-bond acceptors (Lipinski definition) is 1. The summed E-state index contributed by atoms with van der Waals surface area (Å²) < 4.78 is 0. The van der Waals surface area contributed by atoms with E-state index in [9.17, 15) is 5.11 Å². The number of hydrogen-bond donors (Lipinski definition) is 1. The first-order valence-corrected chi connectivity index (χ1v) is 3.76. The highest BCUT2D eigenvalue weighted by Gasteiger charge is 2.42. The first kappa shape index (κ1) is 7.07. The van der Waals surface area contributed by atoms with Crippen molar-refractivity contribution in [3.05, 3.63) is 0 Å². The molecule has 0 aromatic heterocycles. The fourth-order valence-electron chi connectivity index (χ4n) is 1.78. The predicted molar refractivity (Wildman–Crippen MR) is 38.2 cm³/mol. The maximum Gasteiger partial charge on any atom is 0.0650 e. The molecule has 2 unspecified atom stereocenters. The maximum atomic E-state index is 9.54. The summed E-state index contributed by atoms with van der Waals surface area (Å²) >= 11 is 0. The minimum absolute atomic E-state index is 0.339. The van der Waals surface area contributed by atoms with Crippen LogP contribution in [0.4, 0.5) is 0 Å². The molecule has 0 radical (unpaired) electrons. The van der Waals surface area contributed by atoms with Crippen LogP contribution >= 0.6 is 0 Å². The van der Waals surface area contributed by atoms with Crippen LogP contribution in [-0.4, -0.2) is 10.7 Å².